The number of rotatable bonds is 5. The molecule has 2 rings (SSSR count). The molecule has 96 valence electrons. The first-order valence-electron chi connectivity index (χ1n) is 5.75. The van der Waals surface area contributed by atoms with E-state index in [4.69, 9.17) is 15.2 Å². The third kappa shape index (κ3) is 2.31. The van der Waals surface area contributed by atoms with Crippen LogP contribution in [0.3, 0.4) is 0 Å². The molecular formula is C13H17N3O2. The second kappa shape index (κ2) is 5.55. The Labute approximate surface area is 106 Å². The van der Waals surface area contributed by atoms with Gasteiger partial charge in [-0.3, -0.25) is 0 Å². The Kier molecular flexibility index (Phi) is 3.84. The number of pyridine rings is 1. The van der Waals surface area contributed by atoms with E-state index in [0.29, 0.717) is 24.6 Å². The van der Waals surface area contributed by atoms with Crippen molar-refractivity contribution in [3.05, 3.63) is 24.4 Å². The van der Waals surface area contributed by atoms with Gasteiger partial charge in [0.15, 0.2) is 11.5 Å². The van der Waals surface area contributed by atoms with E-state index in [0.717, 1.165) is 16.6 Å². The van der Waals surface area contributed by atoms with E-state index >= 15 is 0 Å². The summed E-state index contributed by atoms with van der Waals surface area (Å²) in [6, 6.07) is 5.79. The molecule has 0 fully saturated rings. The average molecular weight is 247 g/mol. The van der Waals surface area contributed by atoms with Crippen molar-refractivity contribution in [2.75, 3.05) is 32.6 Å². The molecule has 2 aromatic rings. The van der Waals surface area contributed by atoms with Crippen LogP contribution < -0.4 is 20.5 Å². The zero-order chi connectivity index (χ0) is 13.0. The Morgan fingerprint density at radius 3 is 2.61 bits per heavy atom. The molecule has 0 atom stereocenters. The number of anilines is 1. The number of hydrogen-bond acceptors (Lipinski definition) is 5. The van der Waals surface area contributed by atoms with Crippen molar-refractivity contribution in [3.63, 3.8) is 0 Å². The fraction of sp³-hybridized carbons (Fsp3) is 0.308. The minimum atomic E-state index is 0.561. The summed E-state index contributed by atoms with van der Waals surface area (Å²) in [5.41, 5.74) is 5.49. The topological polar surface area (TPSA) is 69.4 Å². The number of nitrogens with zero attached hydrogens (tertiary/aromatic N) is 1. The summed E-state index contributed by atoms with van der Waals surface area (Å²) in [6.07, 6.45) is 1.76. The van der Waals surface area contributed by atoms with Gasteiger partial charge in [0.05, 0.1) is 14.2 Å². The van der Waals surface area contributed by atoms with Gasteiger partial charge in [0.2, 0.25) is 0 Å². The molecule has 0 unspecified atom stereocenters. The van der Waals surface area contributed by atoms with Crippen LogP contribution in [-0.2, 0) is 0 Å². The monoisotopic (exact) mass is 247 g/mol. The maximum Gasteiger partial charge on any atom is 0.161 e. The summed E-state index contributed by atoms with van der Waals surface area (Å²) < 4.78 is 10.6. The highest BCUT2D eigenvalue weighted by molar-refractivity contribution is 5.94. The van der Waals surface area contributed by atoms with Crippen LogP contribution in [-0.4, -0.2) is 32.3 Å². The Bertz CT molecular complexity index is 543. The highest BCUT2D eigenvalue weighted by Crippen LogP contribution is 2.34. The quantitative estimate of drug-likeness (QED) is 0.840. The summed E-state index contributed by atoms with van der Waals surface area (Å²) in [6.45, 7) is 1.24. The molecule has 1 heterocycles. The van der Waals surface area contributed by atoms with Crippen molar-refractivity contribution >= 4 is 16.6 Å². The molecule has 0 saturated carbocycles. The number of benzene rings is 1. The Hall–Kier alpha value is -2.01. The largest absolute Gasteiger partial charge is 0.493 e. The minimum absolute atomic E-state index is 0.561. The predicted molar refractivity (Wildman–Crippen MR) is 72.4 cm³/mol. The van der Waals surface area contributed by atoms with E-state index in [1.807, 2.05) is 18.2 Å². The van der Waals surface area contributed by atoms with E-state index in [9.17, 15) is 0 Å². The van der Waals surface area contributed by atoms with Gasteiger partial charge in [-0.2, -0.15) is 0 Å². The summed E-state index contributed by atoms with van der Waals surface area (Å²) >= 11 is 0. The first kappa shape index (κ1) is 12.4. The lowest BCUT2D eigenvalue weighted by Crippen LogP contribution is -2.14. The molecule has 5 heteroatoms. The molecule has 18 heavy (non-hydrogen) atoms. The molecule has 3 N–H and O–H groups in total. The number of aromatic nitrogens is 1. The number of methoxy groups -OCH3 is 2. The standard InChI is InChI=1S/C13H17N3O2/c1-17-11-7-9-3-5-15-13(16-6-4-14)10(9)8-12(11)18-2/h3,5,7-8H,4,6,14H2,1-2H3,(H,15,16). The van der Waals surface area contributed by atoms with E-state index in [1.54, 1.807) is 20.4 Å². The van der Waals surface area contributed by atoms with E-state index < -0.39 is 0 Å². The molecule has 1 aromatic heterocycles. The number of nitrogens with one attached hydrogen (secondary N) is 1. The normalized spacial score (nSPS) is 10.4. The lowest BCUT2D eigenvalue weighted by Gasteiger charge is -2.12. The zero-order valence-electron chi connectivity index (χ0n) is 10.6. The lowest BCUT2D eigenvalue weighted by atomic mass is 10.1. The van der Waals surface area contributed by atoms with Crippen LogP contribution in [0, 0.1) is 0 Å². The fourth-order valence-electron chi connectivity index (χ4n) is 1.83. The molecule has 0 aliphatic rings. The molecule has 0 spiro atoms. The van der Waals surface area contributed by atoms with Gasteiger partial charge in [-0.05, 0) is 23.6 Å². The molecule has 0 radical (unpaired) electrons. The van der Waals surface area contributed by atoms with E-state index in [1.165, 1.54) is 0 Å². The second-order valence-corrected chi connectivity index (χ2v) is 3.80. The maximum absolute atomic E-state index is 5.49. The van der Waals surface area contributed by atoms with Gasteiger partial charge < -0.3 is 20.5 Å². The van der Waals surface area contributed by atoms with Crippen molar-refractivity contribution in [2.45, 2.75) is 0 Å². The van der Waals surface area contributed by atoms with Crippen molar-refractivity contribution < 1.29 is 9.47 Å². The van der Waals surface area contributed by atoms with Gasteiger partial charge in [0.1, 0.15) is 5.82 Å². The first-order chi connectivity index (χ1) is 8.80. The minimum Gasteiger partial charge on any atom is -0.493 e. The number of fused-ring (bicyclic) bond motifs is 1. The predicted octanol–water partition coefficient (Wildman–Crippen LogP) is 1.62. The maximum atomic E-state index is 5.49. The molecule has 0 saturated heterocycles. The van der Waals surface area contributed by atoms with E-state index in [2.05, 4.69) is 10.3 Å². The van der Waals surface area contributed by atoms with Crippen molar-refractivity contribution in [1.29, 1.82) is 0 Å². The molecule has 0 aliphatic carbocycles. The molecule has 5 nitrogen and oxygen atoms in total. The van der Waals surface area contributed by atoms with Crippen LogP contribution in [0.25, 0.3) is 10.8 Å². The molecule has 0 amide bonds. The van der Waals surface area contributed by atoms with Gasteiger partial charge in [-0.1, -0.05) is 0 Å². The number of hydrogen-bond donors (Lipinski definition) is 2. The molecule has 0 aliphatic heterocycles. The van der Waals surface area contributed by atoms with Crippen molar-refractivity contribution in [2.24, 2.45) is 5.73 Å². The van der Waals surface area contributed by atoms with Crippen LogP contribution in [0.4, 0.5) is 5.82 Å². The van der Waals surface area contributed by atoms with Crippen LogP contribution >= 0.6 is 0 Å². The number of ether oxygens (including phenoxy) is 2. The summed E-state index contributed by atoms with van der Waals surface area (Å²) in [4.78, 5) is 4.31. The van der Waals surface area contributed by atoms with Crippen LogP contribution in [0.1, 0.15) is 0 Å². The SMILES string of the molecule is COc1cc2ccnc(NCCN)c2cc1OC. The summed E-state index contributed by atoms with van der Waals surface area (Å²) in [5, 5.41) is 5.23. The molecule has 1 aromatic carbocycles. The van der Waals surface area contributed by atoms with E-state index in [-0.39, 0.29) is 0 Å². The Morgan fingerprint density at radius 1 is 1.22 bits per heavy atom. The van der Waals surface area contributed by atoms with Gasteiger partial charge >= 0.3 is 0 Å². The third-order valence-electron chi connectivity index (χ3n) is 2.71. The van der Waals surface area contributed by atoms with Crippen LogP contribution in [0.15, 0.2) is 24.4 Å². The fourth-order valence-corrected chi connectivity index (χ4v) is 1.83. The molecular weight excluding hydrogens is 230 g/mol. The van der Waals surface area contributed by atoms with Gasteiger partial charge in [0.25, 0.3) is 0 Å². The van der Waals surface area contributed by atoms with Crippen molar-refractivity contribution in [3.8, 4) is 11.5 Å². The summed E-state index contributed by atoms with van der Waals surface area (Å²) in [5.74, 6) is 2.20. The smallest absolute Gasteiger partial charge is 0.161 e. The lowest BCUT2D eigenvalue weighted by molar-refractivity contribution is 0.356. The van der Waals surface area contributed by atoms with Gasteiger partial charge in [0, 0.05) is 24.7 Å². The van der Waals surface area contributed by atoms with Gasteiger partial charge in [-0.25, -0.2) is 4.98 Å². The highest BCUT2D eigenvalue weighted by Gasteiger charge is 2.09. The molecule has 0 bridgehead atoms. The summed E-state index contributed by atoms with van der Waals surface area (Å²) in [7, 11) is 3.24. The Balaban J connectivity index is 2.54. The van der Waals surface area contributed by atoms with Gasteiger partial charge in [-0.15, -0.1) is 0 Å². The van der Waals surface area contributed by atoms with Crippen LogP contribution in [0.5, 0.6) is 11.5 Å². The zero-order valence-corrected chi connectivity index (χ0v) is 10.6. The first-order valence-corrected chi connectivity index (χ1v) is 5.75. The Morgan fingerprint density at radius 2 is 1.94 bits per heavy atom. The second-order valence-electron chi connectivity index (χ2n) is 3.80. The third-order valence-corrected chi connectivity index (χ3v) is 2.71. The number of nitrogens with two attached hydrogens (primary N) is 1. The van der Waals surface area contributed by atoms with Crippen molar-refractivity contribution in [1.82, 2.24) is 4.98 Å². The van der Waals surface area contributed by atoms with Crippen LogP contribution in [0.2, 0.25) is 0 Å². The average Bonchev–Trinajstić information content (AvgIpc) is 2.43. The highest BCUT2D eigenvalue weighted by atomic mass is 16.5.